The minimum absolute atomic E-state index is 0.231. The maximum Gasteiger partial charge on any atom is 0.247 e. The molecule has 1 N–H and O–H groups in total. The zero-order chi connectivity index (χ0) is 20.2. The molecule has 0 saturated carbocycles. The highest BCUT2D eigenvalue weighted by Gasteiger charge is 2.14. The van der Waals surface area contributed by atoms with Crippen molar-refractivity contribution in [1.82, 2.24) is 9.97 Å². The second kappa shape index (κ2) is 8.36. The van der Waals surface area contributed by atoms with E-state index >= 15 is 0 Å². The first-order chi connectivity index (χ1) is 14.1. The lowest BCUT2D eigenvalue weighted by Gasteiger charge is -2.08. The normalized spacial score (nSPS) is 11.9. The van der Waals surface area contributed by atoms with Gasteiger partial charge in [0, 0.05) is 23.2 Å². The number of nitrogens with zero attached hydrogens (tertiary/aromatic N) is 2. The van der Waals surface area contributed by atoms with Gasteiger partial charge in [0.05, 0.1) is 0 Å². The Bertz CT molecular complexity index is 1070. The second-order valence-corrected chi connectivity index (χ2v) is 7.52. The van der Waals surface area contributed by atoms with Crippen molar-refractivity contribution in [3.05, 3.63) is 78.3 Å². The lowest BCUT2D eigenvalue weighted by molar-refractivity contribution is -0.111. The predicted molar refractivity (Wildman–Crippen MR) is 112 cm³/mol. The van der Waals surface area contributed by atoms with E-state index in [4.69, 9.17) is 14.5 Å². The van der Waals surface area contributed by atoms with Crippen LogP contribution in [0.5, 0.6) is 11.5 Å². The number of rotatable bonds is 6. The highest BCUT2D eigenvalue weighted by Crippen LogP contribution is 2.33. The van der Waals surface area contributed by atoms with Crippen molar-refractivity contribution < 1.29 is 14.3 Å². The van der Waals surface area contributed by atoms with Crippen molar-refractivity contribution >= 4 is 23.4 Å². The number of aryl methyl sites for hydroxylation is 1. The number of aromatic nitrogens is 2. The van der Waals surface area contributed by atoms with Gasteiger partial charge in [-0.25, -0.2) is 9.97 Å². The molecule has 1 aliphatic heterocycles. The molecular formula is C22H19N3O3S. The molecule has 4 rings (SSSR count). The van der Waals surface area contributed by atoms with Crippen LogP contribution in [0.2, 0.25) is 0 Å². The van der Waals surface area contributed by atoms with Crippen molar-refractivity contribution in [3.8, 4) is 11.5 Å². The summed E-state index contributed by atoms with van der Waals surface area (Å²) in [4.78, 5) is 21.6. The molecule has 6 nitrogen and oxygen atoms in total. The molecule has 0 bridgehead atoms. The Morgan fingerprint density at radius 3 is 2.79 bits per heavy atom. The number of carbonyl (C=O) groups excluding carboxylic acids is 1. The van der Waals surface area contributed by atoms with Crippen molar-refractivity contribution in [2.75, 3.05) is 12.1 Å². The van der Waals surface area contributed by atoms with Crippen LogP contribution in [0.25, 0.3) is 0 Å². The minimum Gasteiger partial charge on any atom is -0.454 e. The van der Waals surface area contributed by atoms with Gasteiger partial charge in [-0.1, -0.05) is 24.4 Å². The van der Waals surface area contributed by atoms with E-state index in [-0.39, 0.29) is 12.7 Å². The van der Waals surface area contributed by atoms with Crippen LogP contribution in [0.15, 0.2) is 71.2 Å². The average molecular weight is 405 g/mol. The molecule has 0 atom stereocenters. The predicted octanol–water partition coefficient (Wildman–Crippen LogP) is 4.38. The van der Waals surface area contributed by atoms with Crippen LogP contribution in [0.3, 0.4) is 0 Å². The maximum atomic E-state index is 11.4. The Balaban J connectivity index is 1.48. The number of nitrogens with one attached hydrogen (secondary N) is 1. The third-order valence-electron chi connectivity index (χ3n) is 4.30. The zero-order valence-corrected chi connectivity index (χ0v) is 16.7. The van der Waals surface area contributed by atoms with Gasteiger partial charge in [-0.3, -0.25) is 4.79 Å². The van der Waals surface area contributed by atoms with Crippen LogP contribution in [0.1, 0.15) is 17.0 Å². The van der Waals surface area contributed by atoms with Gasteiger partial charge in [0.25, 0.3) is 0 Å². The first-order valence-electron chi connectivity index (χ1n) is 9.03. The summed E-state index contributed by atoms with van der Waals surface area (Å²) in [7, 11) is 0. The van der Waals surface area contributed by atoms with Gasteiger partial charge in [-0.15, -0.1) is 0 Å². The topological polar surface area (TPSA) is 73.3 Å². The van der Waals surface area contributed by atoms with Gasteiger partial charge in [0.1, 0.15) is 10.9 Å². The molecular weight excluding hydrogens is 386 g/mol. The Morgan fingerprint density at radius 2 is 2.00 bits per heavy atom. The highest BCUT2D eigenvalue weighted by atomic mass is 32.2. The lowest BCUT2D eigenvalue weighted by atomic mass is 10.1. The van der Waals surface area contributed by atoms with Gasteiger partial charge in [-0.2, -0.15) is 0 Å². The molecule has 0 radical (unpaired) electrons. The van der Waals surface area contributed by atoms with Crippen molar-refractivity contribution in [2.24, 2.45) is 0 Å². The number of hydrogen-bond acceptors (Lipinski definition) is 6. The number of benzene rings is 2. The summed E-state index contributed by atoms with van der Waals surface area (Å²) in [5.74, 6) is 2.03. The number of ether oxygens (including phenoxy) is 2. The first kappa shape index (κ1) is 19.0. The molecule has 3 aromatic rings. The molecule has 1 amide bonds. The monoisotopic (exact) mass is 405 g/mol. The smallest absolute Gasteiger partial charge is 0.247 e. The van der Waals surface area contributed by atoms with Crippen LogP contribution in [0, 0.1) is 6.92 Å². The Morgan fingerprint density at radius 1 is 1.21 bits per heavy atom. The molecule has 0 saturated heterocycles. The molecule has 0 aliphatic carbocycles. The average Bonchev–Trinajstić information content (AvgIpc) is 3.19. The van der Waals surface area contributed by atoms with E-state index in [9.17, 15) is 4.79 Å². The van der Waals surface area contributed by atoms with E-state index in [2.05, 4.69) is 16.9 Å². The van der Waals surface area contributed by atoms with Crippen LogP contribution in [-0.4, -0.2) is 22.7 Å². The number of amides is 1. The summed E-state index contributed by atoms with van der Waals surface area (Å²) in [6, 6.07) is 13.5. The first-order valence-corrected chi connectivity index (χ1v) is 9.85. The van der Waals surface area contributed by atoms with Gasteiger partial charge in [0.15, 0.2) is 11.5 Å². The summed E-state index contributed by atoms with van der Waals surface area (Å²) in [6.07, 6.45) is 3.70. The molecule has 0 spiro atoms. The summed E-state index contributed by atoms with van der Waals surface area (Å²) in [5.41, 5.74) is 2.80. The maximum absolute atomic E-state index is 11.4. The van der Waals surface area contributed by atoms with E-state index in [0.717, 1.165) is 44.1 Å². The minimum atomic E-state index is -0.231. The number of hydrogen-bond donors (Lipinski definition) is 1. The van der Waals surface area contributed by atoms with Crippen LogP contribution in [-0.2, 0) is 11.2 Å². The van der Waals surface area contributed by atoms with Gasteiger partial charge in [0.2, 0.25) is 12.7 Å². The molecule has 0 fully saturated rings. The largest absolute Gasteiger partial charge is 0.454 e. The van der Waals surface area contributed by atoms with Crippen LogP contribution in [0.4, 0.5) is 5.69 Å². The molecule has 2 aromatic carbocycles. The fourth-order valence-electron chi connectivity index (χ4n) is 2.79. The lowest BCUT2D eigenvalue weighted by Crippen LogP contribution is -2.06. The Kier molecular flexibility index (Phi) is 5.48. The van der Waals surface area contributed by atoms with Crippen molar-refractivity contribution in [2.45, 2.75) is 23.3 Å². The van der Waals surface area contributed by atoms with E-state index in [1.165, 1.54) is 6.08 Å². The quantitative estimate of drug-likeness (QED) is 0.485. The fraction of sp³-hybridized carbons (Fsp3) is 0.136. The molecule has 146 valence electrons. The van der Waals surface area contributed by atoms with Gasteiger partial charge >= 0.3 is 0 Å². The third kappa shape index (κ3) is 4.57. The summed E-state index contributed by atoms with van der Waals surface area (Å²) < 4.78 is 10.8. The van der Waals surface area contributed by atoms with Crippen molar-refractivity contribution in [1.29, 1.82) is 0 Å². The summed E-state index contributed by atoms with van der Waals surface area (Å²) in [5, 5.41) is 3.64. The van der Waals surface area contributed by atoms with Gasteiger partial charge in [-0.05, 0) is 60.5 Å². The number of carbonyl (C=O) groups is 1. The molecule has 2 heterocycles. The number of fused-ring (bicyclic) bond motifs is 1. The van der Waals surface area contributed by atoms with Crippen LogP contribution < -0.4 is 14.8 Å². The molecule has 1 aromatic heterocycles. The Hall–Kier alpha value is -3.32. The summed E-state index contributed by atoms with van der Waals surface area (Å²) >= 11 is 1.56. The Labute approximate surface area is 173 Å². The van der Waals surface area contributed by atoms with Gasteiger partial charge < -0.3 is 14.8 Å². The fourth-order valence-corrected chi connectivity index (χ4v) is 3.65. The van der Waals surface area contributed by atoms with E-state index < -0.39 is 0 Å². The third-order valence-corrected chi connectivity index (χ3v) is 5.41. The van der Waals surface area contributed by atoms with E-state index in [1.807, 2.05) is 55.6 Å². The molecule has 7 heteroatoms. The molecule has 29 heavy (non-hydrogen) atoms. The van der Waals surface area contributed by atoms with E-state index in [0.29, 0.717) is 6.42 Å². The molecule has 0 unspecified atom stereocenters. The second-order valence-electron chi connectivity index (χ2n) is 6.46. The van der Waals surface area contributed by atoms with E-state index in [1.54, 1.807) is 11.8 Å². The SMILES string of the molecule is C=CC(=O)Nc1ccc(Sc2nc(Cc3ccc4c(c3)OCO4)ncc2C)cc1. The number of anilines is 1. The zero-order valence-electron chi connectivity index (χ0n) is 15.8. The highest BCUT2D eigenvalue weighted by molar-refractivity contribution is 7.99. The molecule has 1 aliphatic rings. The summed E-state index contributed by atoms with van der Waals surface area (Å²) in [6.45, 7) is 5.70. The standard InChI is InChI=1S/C22H19N3O3S/c1-3-21(26)24-16-5-7-17(8-6-16)29-22-14(2)12-23-20(25-22)11-15-4-9-18-19(10-15)28-13-27-18/h3-10,12H,1,11,13H2,2H3,(H,24,26). The van der Waals surface area contributed by atoms with Crippen LogP contribution >= 0.6 is 11.8 Å². The van der Waals surface area contributed by atoms with Crippen molar-refractivity contribution in [3.63, 3.8) is 0 Å².